The van der Waals surface area contributed by atoms with Crippen molar-refractivity contribution in [2.45, 2.75) is 44.8 Å². The highest BCUT2D eigenvalue weighted by Gasteiger charge is 2.26. The summed E-state index contributed by atoms with van der Waals surface area (Å²) >= 11 is 0. The molecule has 2 atom stereocenters. The Morgan fingerprint density at radius 1 is 1.15 bits per heavy atom. The second-order valence-corrected chi connectivity index (χ2v) is 8.83. The van der Waals surface area contributed by atoms with Gasteiger partial charge in [-0.05, 0) is 43.9 Å². The number of nitrogens with one attached hydrogen (secondary N) is 2. The summed E-state index contributed by atoms with van der Waals surface area (Å²) in [6, 6.07) is 19.3. The van der Waals surface area contributed by atoms with Crippen LogP contribution in [0.1, 0.15) is 31.7 Å². The van der Waals surface area contributed by atoms with Crippen LogP contribution in [0, 0.1) is 0 Å². The molecule has 0 aromatic heterocycles. The molecule has 176 valence electrons. The summed E-state index contributed by atoms with van der Waals surface area (Å²) in [4.78, 5) is 21.1. The number of rotatable bonds is 7. The zero-order chi connectivity index (χ0) is 23.0. The van der Waals surface area contributed by atoms with Crippen LogP contribution in [0.25, 0.3) is 0 Å². The Balaban J connectivity index is 1.20. The molecule has 2 aliphatic rings. The van der Waals surface area contributed by atoms with Crippen LogP contribution in [0.4, 0.5) is 5.69 Å². The third-order valence-electron chi connectivity index (χ3n) is 6.47. The number of para-hydroxylation sites is 2. The lowest BCUT2D eigenvalue weighted by Gasteiger charge is -2.38. The molecule has 4 rings (SSSR count). The summed E-state index contributed by atoms with van der Waals surface area (Å²) in [5.41, 5.74) is 2.22. The highest BCUT2D eigenvalue weighted by Crippen LogP contribution is 2.31. The summed E-state index contributed by atoms with van der Waals surface area (Å²) in [7, 11) is 1.81. The van der Waals surface area contributed by atoms with Crippen molar-refractivity contribution in [2.75, 3.05) is 38.2 Å². The van der Waals surface area contributed by atoms with E-state index in [1.54, 1.807) is 0 Å². The lowest BCUT2D eigenvalue weighted by atomic mass is 9.97. The third-order valence-corrected chi connectivity index (χ3v) is 6.47. The number of piperidine rings is 1. The van der Waals surface area contributed by atoms with E-state index in [9.17, 15) is 4.79 Å². The first-order valence-electron chi connectivity index (χ1n) is 11.9. The fourth-order valence-corrected chi connectivity index (χ4v) is 4.64. The fraction of sp³-hybridized carbons (Fsp3) is 0.462. The number of nitrogens with zero attached hydrogens (tertiary/aromatic N) is 3. The highest BCUT2D eigenvalue weighted by atomic mass is 16.5. The zero-order valence-corrected chi connectivity index (χ0v) is 19.7. The van der Waals surface area contributed by atoms with Gasteiger partial charge in [-0.15, -0.1) is 0 Å². The molecule has 1 saturated heterocycles. The van der Waals surface area contributed by atoms with Crippen LogP contribution in [-0.2, 0) is 11.3 Å². The van der Waals surface area contributed by atoms with Gasteiger partial charge in [-0.1, -0.05) is 42.5 Å². The van der Waals surface area contributed by atoms with Crippen molar-refractivity contribution in [3.8, 4) is 5.75 Å². The first kappa shape index (κ1) is 23.1. The second kappa shape index (κ2) is 11.2. The summed E-state index contributed by atoms with van der Waals surface area (Å²) in [6.45, 7) is 5.89. The van der Waals surface area contributed by atoms with Crippen LogP contribution in [0.2, 0.25) is 0 Å². The number of fused-ring (bicyclic) bond motifs is 1. The number of likely N-dealkylation sites (tertiary alicyclic amines) is 1. The second-order valence-electron chi connectivity index (χ2n) is 8.83. The normalized spacial score (nSPS) is 21.3. The average molecular weight is 450 g/mol. The first-order chi connectivity index (χ1) is 16.1. The van der Waals surface area contributed by atoms with Crippen molar-refractivity contribution >= 4 is 17.6 Å². The molecule has 2 aromatic rings. The summed E-state index contributed by atoms with van der Waals surface area (Å²) in [6.07, 6.45) is 3.01. The number of amides is 1. The van der Waals surface area contributed by atoms with Gasteiger partial charge < -0.3 is 20.3 Å². The van der Waals surface area contributed by atoms with Crippen LogP contribution in [0.15, 0.2) is 59.6 Å². The molecule has 7 heteroatoms. The van der Waals surface area contributed by atoms with E-state index in [2.05, 4.69) is 57.8 Å². The molecule has 2 unspecified atom stereocenters. The van der Waals surface area contributed by atoms with Crippen LogP contribution in [0.3, 0.4) is 0 Å². The molecule has 2 N–H and O–H groups in total. The Morgan fingerprint density at radius 3 is 2.73 bits per heavy atom. The number of guanidine groups is 1. The van der Waals surface area contributed by atoms with Crippen LogP contribution in [0.5, 0.6) is 5.75 Å². The van der Waals surface area contributed by atoms with Gasteiger partial charge in [0.25, 0.3) is 5.91 Å². The van der Waals surface area contributed by atoms with Gasteiger partial charge in [-0.3, -0.25) is 14.7 Å². The molecule has 2 aromatic carbocycles. The molecule has 0 bridgehead atoms. The number of carbonyl (C=O) groups is 1. The number of hydrogen-bond acceptors (Lipinski definition) is 4. The van der Waals surface area contributed by atoms with Crippen LogP contribution < -0.4 is 20.3 Å². The van der Waals surface area contributed by atoms with Crippen molar-refractivity contribution in [3.05, 3.63) is 60.2 Å². The Kier molecular flexibility index (Phi) is 7.83. The zero-order valence-electron chi connectivity index (χ0n) is 19.7. The largest absolute Gasteiger partial charge is 0.482 e. The van der Waals surface area contributed by atoms with Gasteiger partial charge in [0.2, 0.25) is 0 Å². The van der Waals surface area contributed by atoms with E-state index in [-0.39, 0.29) is 12.5 Å². The smallest absolute Gasteiger partial charge is 0.265 e. The van der Waals surface area contributed by atoms with E-state index in [1.165, 1.54) is 5.56 Å². The maximum Gasteiger partial charge on any atom is 0.265 e. The van der Waals surface area contributed by atoms with Gasteiger partial charge in [0.15, 0.2) is 12.6 Å². The number of aliphatic imine (C=N–C) groups is 1. The summed E-state index contributed by atoms with van der Waals surface area (Å²) in [5.74, 6) is 1.61. The number of anilines is 1. The molecule has 0 aliphatic carbocycles. The predicted molar refractivity (Wildman–Crippen MR) is 133 cm³/mol. The van der Waals surface area contributed by atoms with Gasteiger partial charge in [-0.25, -0.2) is 0 Å². The number of carbonyl (C=O) groups excluding carboxylic acids is 1. The molecule has 0 radical (unpaired) electrons. The lowest BCUT2D eigenvalue weighted by Crippen LogP contribution is -2.51. The minimum Gasteiger partial charge on any atom is -0.482 e. The van der Waals surface area contributed by atoms with Gasteiger partial charge >= 0.3 is 0 Å². The molecule has 0 saturated carbocycles. The van der Waals surface area contributed by atoms with Crippen molar-refractivity contribution in [1.29, 1.82) is 0 Å². The van der Waals surface area contributed by atoms with Gasteiger partial charge in [0.05, 0.1) is 5.69 Å². The van der Waals surface area contributed by atoms with Crippen molar-refractivity contribution in [3.63, 3.8) is 0 Å². The van der Waals surface area contributed by atoms with Gasteiger partial charge in [0.1, 0.15) is 5.75 Å². The maximum absolute atomic E-state index is 12.3. The molecule has 0 spiro atoms. The summed E-state index contributed by atoms with van der Waals surface area (Å²) in [5, 5.41) is 7.01. The van der Waals surface area contributed by atoms with Crippen molar-refractivity contribution in [1.82, 2.24) is 15.5 Å². The van der Waals surface area contributed by atoms with E-state index in [0.29, 0.717) is 18.6 Å². The number of hydrogen-bond donors (Lipinski definition) is 2. The molecule has 1 amide bonds. The average Bonchev–Trinajstić information content (AvgIpc) is 2.84. The van der Waals surface area contributed by atoms with E-state index in [4.69, 9.17) is 4.74 Å². The maximum atomic E-state index is 12.3. The van der Waals surface area contributed by atoms with E-state index >= 15 is 0 Å². The van der Waals surface area contributed by atoms with Crippen molar-refractivity contribution < 1.29 is 9.53 Å². The Labute approximate surface area is 196 Å². The SMILES string of the molecule is CN=C(NCCCN1C(=O)COc2ccccc21)NC1CCN(Cc2ccccc2)C(C)C1. The van der Waals surface area contributed by atoms with Crippen LogP contribution in [-0.4, -0.2) is 62.1 Å². The summed E-state index contributed by atoms with van der Waals surface area (Å²) < 4.78 is 5.52. The van der Waals surface area contributed by atoms with Crippen LogP contribution >= 0.6 is 0 Å². The monoisotopic (exact) mass is 449 g/mol. The van der Waals surface area contributed by atoms with Crippen molar-refractivity contribution in [2.24, 2.45) is 4.99 Å². The number of benzene rings is 2. The highest BCUT2D eigenvalue weighted by molar-refractivity contribution is 5.97. The molecule has 33 heavy (non-hydrogen) atoms. The van der Waals surface area contributed by atoms with E-state index in [0.717, 1.165) is 56.3 Å². The lowest BCUT2D eigenvalue weighted by molar-refractivity contribution is -0.121. The van der Waals surface area contributed by atoms with E-state index < -0.39 is 0 Å². The van der Waals surface area contributed by atoms with E-state index in [1.807, 2.05) is 36.2 Å². The quantitative estimate of drug-likeness (QED) is 0.386. The topological polar surface area (TPSA) is 69.2 Å². The Hall–Kier alpha value is -3.06. The number of ether oxygens (including phenoxy) is 1. The molecule has 1 fully saturated rings. The molecular formula is C26H35N5O2. The standard InChI is InChI=1S/C26H35N5O2/c1-20-17-22(13-16-30(20)18-21-9-4-3-5-10-21)29-26(27-2)28-14-8-15-31-23-11-6-7-12-24(23)33-19-25(31)32/h3-7,9-12,20,22H,8,13-19H2,1-2H3,(H2,27,28,29). The third kappa shape index (κ3) is 6.05. The first-order valence-corrected chi connectivity index (χ1v) is 11.9. The fourth-order valence-electron chi connectivity index (χ4n) is 4.64. The molecule has 2 heterocycles. The van der Waals surface area contributed by atoms with Gasteiger partial charge in [-0.2, -0.15) is 0 Å². The molecule has 2 aliphatic heterocycles. The predicted octanol–water partition coefficient (Wildman–Crippen LogP) is 3.02. The Morgan fingerprint density at radius 2 is 1.94 bits per heavy atom. The molecule has 7 nitrogen and oxygen atoms in total. The Bertz CT molecular complexity index is 949. The molecular weight excluding hydrogens is 414 g/mol. The minimum atomic E-state index is 0.00690. The minimum absolute atomic E-state index is 0.00690. The van der Waals surface area contributed by atoms with Gasteiger partial charge in [0, 0.05) is 45.3 Å².